The third-order valence-corrected chi connectivity index (χ3v) is 6.39. The highest BCUT2D eigenvalue weighted by molar-refractivity contribution is 5.80. The van der Waals surface area contributed by atoms with Crippen LogP contribution in [0.1, 0.15) is 25.3 Å². The number of rotatable bonds is 8. The summed E-state index contributed by atoms with van der Waals surface area (Å²) in [6.45, 7) is 11.4. The van der Waals surface area contributed by atoms with Crippen molar-refractivity contribution in [3.63, 3.8) is 0 Å². The molecule has 1 atom stereocenters. The molecule has 1 aromatic carbocycles. The monoisotopic (exact) mass is 435 g/mol. The summed E-state index contributed by atoms with van der Waals surface area (Å²) in [4.78, 5) is 21.0. The van der Waals surface area contributed by atoms with Crippen molar-refractivity contribution in [2.75, 3.05) is 63.8 Å². The quantitative estimate of drug-likeness (QED) is 0.391. The zero-order chi connectivity index (χ0) is 22.0. The van der Waals surface area contributed by atoms with E-state index in [9.17, 15) is 0 Å². The summed E-state index contributed by atoms with van der Waals surface area (Å²) < 4.78 is 0. The molecular formula is C25H37N7. The molecule has 32 heavy (non-hydrogen) atoms. The van der Waals surface area contributed by atoms with E-state index >= 15 is 0 Å². The number of nitrogens with one attached hydrogen (secondary N) is 1. The molecule has 2 aliphatic heterocycles. The number of anilines is 1. The van der Waals surface area contributed by atoms with Gasteiger partial charge in [-0.25, -0.2) is 9.97 Å². The zero-order valence-corrected chi connectivity index (χ0v) is 19.4. The van der Waals surface area contributed by atoms with Crippen LogP contribution in [-0.2, 0) is 6.42 Å². The second kappa shape index (κ2) is 11.8. The molecule has 0 bridgehead atoms. The summed E-state index contributed by atoms with van der Waals surface area (Å²) in [5.41, 5.74) is 1.44. The van der Waals surface area contributed by atoms with Crippen molar-refractivity contribution in [2.24, 2.45) is 10.9 Å². The van der Waals surface area contributed by atoms with Gasteiger partial charge in [0.2, 0.25) is 5.95 Å². The molecule has 2 aliphatic rings. The number of nitrogens with zero attached hydrogens (tertiary/aromatic N) is 6. The first-order chi connectivity index (χ1) is 15.8. The number of piperazine rings is 1. The van der Waals surface area contributed by atoms with Gasteiger partial charge in [-0.2, -0.15) is 0 Å². The SMILES string of the molecule is CCNC(=NCCCN1CCN(c2ncccn2)CC1)N1CCC(Cc2ccccc2)C1. The largest absolute Gasteiger partial charge is 0.357 e. The highest BCUT2D eigenvalue weighted by Gasteiger charge is 2.25. The van der Waals surface area contributed by atoms with Crippen molar-refractivity contribution in [3.8, 4) is 0 Å². The highest BCUT2D eigenvalue weighted by Crippen LogP contribution is 2.21. The fraction of sp³-hybridized carbons (Fsp3) is 0.560. The Morgan fingerprint density at radius 3 is 2.56 bits per heavy atom. The van der Waals surface area contributed by atoms with Crippen LogP contribution in [0.15, 0.2) is 53.8 Å². The second-order valence-electron chi connectivity index (χ2n) is 8.76. The summed E-state index contributed by atoms with van der Waals surface area (Å²) in [6, 6.07) is 12.7. The van der Waals surface area contributed by atoms with Crippen LogP contribution < -0.4 is 10.2 Å². The van der Waals surface area contributed by atoms with Gasteiger partial charge in [0.15, 0.2) is 5.96 Å². The van der Waals surface area contributed by atoms with Crippen molar-refractivity contribution in [3.05, 3.63) is 54.4 Å². The number of aromatic nitrogens is 2. The normalized spacial score (nSPS) is 20.0. The van der Waals surface area contributed by atoms with Crippen LogP contribution in [0.2, 0.25) is 0 Å². The van der Waals surface area contributed by atoms with Crippen LogP contribution in [-0.4, -0.2) is 84.6 Å². The topological polar surface area (TPSA) is 59.9 Å². The fourth-order valence-electron chi connectivity index (χ4n) is 4.67. The lowest BCUT2D eigenvalue weighted by Crippen LogP contribution is -2.47. The summed E-state index contributed by atoms with van der Waals surface area (Å²) in [5, 5.41) is 3.51. The van der Waals surface area contributed by atoms with E-state index in [2.05, 4.69) is 67.2 Å². The molecule has 7 nitrogen and oxygen atoms in total. The zero-order valence-electron chi connectivity index (χ0n) is 19.4. The van der Waals surface area contributed by atoms with E-state index in [1.165, 1.54) is 12.0 Å². The van der Waals surface area contributed by atoms with Gasteiger partial charge in [-0.3, -0.25) is 9.89 Å². The Kier molecular flexibility index (Phi) is 8.31. The third kappa shape index (κ3) is 6.42. The molecule has 3 heterocycles. The van der Waals surface area contributed by atoms with Crippen LogP contribution >= 0.6 is 0 Å². The van der Waals surface area contributed by atoms with Crippen molar-refractivity contribution in [2.45, 2.75) is 26.2 Å². The molecule has 4 rings (SSSR count). The van der Waals surface area contributed by atoms with Crippen molar-refractivity contribution in [1.82, 2.24) is 25.1 Å². The molecule has 172 valence electrons. The predicted molar refractivity (Wildman–Crippen MR) is 131 cm³/mol. The first-order valence-electron chi connectivity index (χ1n) is 12.1. The Labute approximate surface area is 192 Å². The molecule has 7 heteroatoms. The molecular weight excluding hydrogens is 398 g/mol. The number of hydrogen-bond acceptors (Lipinski definition) is 5. The van der Waals surface area contributed by atoms with E-state index in [0.29, 0.717) is 5.92 Å². The average molecular weight is 436 g/mol. The Morgan fingerprint density at radius 2 is 1.81 bits per heavy atom. The van der Waals surface area contributed by atoms with Crippen LogP contribution in [0.3, 0.4) is 0 Å². The van der Waals surface area contributed by atoms with E-state index in [0.717, 1.165) is 83.7 Å². The highest BCUT2D eigenvalue weighted by atomic mass is 15.3. The Bertz CT molecular complexity index is 819. The maximum absolute atomic E-state index is 4.96. The van der Waals surface area contributed by atoms with Gasteiger partial charge in [0.05, 0.1) is 0 Å². The molecule has 2 saturated heterocycles. The first kappa shape index (κ1) is 22.5. The van der Waals surface area contributed by atoms with Gasteiger partial charge in [0.25, 0.3) is 0 Å². The Hall–Kier alpha value is -2.67. The molecule has 0 aliphatic carbocycles. The lowest BCUT2D eigenvalue weighted by molar-refractivity contribution is 0.255. The van der Waals surface area contributed by atoms with Gasteiger partial charge >= 0.3 is 0 Å². The molecule has 0 saturated carbocycles. The number of likely N-dealkylation sites (tertiary alicyclic amines) is 1. The van der Waals surface area contributed by atoms with E-state index < -0.39 is 0 Å². The molecule has 2 aromatic rings. The number of aliphatic imine (C=N–C) groups is 1. The van der Waals surface area contributed by atoms with Crippen molar-refractivity contribution < 1.29 is 0 Å². The molecule has 0 amide bonds. The average Bonchev–Trinajstić information content (AvgIpc) is 3.31. The molecule has 1 unspecified atom stereocenters. The maximum Gasteiger partial charge on any atom is 0.225 e. The van der Waals surface area contributed by atoms with Gasteiger partial charge in [0, 0.05) is 71.3 Å². The Balaban J connectivity index is 1.19. The molecule has 0 radical (unpaired) electrons. The lowest BCUT2D eigenvalue weighted by Gasteiger charge is -2.34. The molecule has 0 spiro atoms. The van der Waals surface area contributed by atoms with Crippen LogP contribution in [0, 0.1) is 5.92 Å². The number of benzene rings is 1. The van der Waals surface area contributed by atoms with Gasteiger partial charge < -0.3 is 15.1 Å². The van der Waals surface area contributed by atoms with E-state index in [1.54, 1.807) is 0 Å². The minimum atomic E-state index is 0.714. The minimum Gasteiger partial charge on any atom is -0.357 e. The van der Waals surface area contributed by atoms with E-state index in [-0.39, 0.29) is 0 Å². The summed E-state index contributed by atoms with van der Waals surface area (Å²) >= 11 is 0. The Morgan fingerprint density at radius 1 is 1.03 bits per heavy atom. The standard InChI is InChI=1S/C25H37N7/c1-2-26-24(32-15-10-23(21-32)20-22-8-4-3-5-9-22)29-13-7-14-30-16-18-31(19-17-30)25-27-11-6-12-28-25/h3-6,8-9,11-12,23H,2,7,10,13-21H2,1H3,(H,26,29). The van der Waals surface area contributed by atoms with Gasteiger partial charge in [-0.05, 0) is 43.7 Å². The summed E-state index contributed by atoms with van der Waals surface area (Å²) in [7, 11) is 0. The molecule has 1 N–H and O–H groups in total. The number of hydrogen-bond donors (Lipinski definition) is 1. The first-order valence-corrected chi connectivity index (χ1v) is 12.1. The third-order valence-electron chi connectivity index (χ3n) is 6.39. The van der Waals surface area contributed by atoms with Crippen LogP contribution in [0.25, 0.3) is 0 Å². The summed E-state index contributed by atoms with van der Waals surface area (Å²) in [6.07, 6.45) is 7.14. The second-order valence-corrected chi connectivity index (χ2v) is 8.76. The maximum atomic E-state index is 4.96. The summed E-state index contributed by atoms with van der Waals surface area (Å²) in [5.74, 6) is 2.66. The van der Waals surface area contributed by atoms with E-state index in [1.807, 2.05) is 18.5 Å². The van der Waals surface area contributed by atoms with Crippen molar-refractivity contribution >= 4 is 11.9 Å². The lowest BCUT2D eigenvalue weighted by atomic mass is 9.99. The van der Waals surface area contributed by atoms with Gasteiger partial charge in [-0.15, -0.1) is 0 Å². The smallest absolute Gasteiger partial charge is 0.225 e. The minimum absolute atomic E-state index is 0.714. The van der Waals surface area contributed by atoms with E-state index in [4.69, 9.17) is 4.99 Å². The van der Waals surface area contributed by atoms with Gasteiger partial charge in [0.1, 0.15) is 0 Å². The molecule has 2 fully saturated rings. The van der Waals surface area contributed by atoms with Crippen LogP contribution in [0.5, 0.6) is 0 Å². The predicted octanol–water partition coefficient (Wildman–Crippen LogP) is 2.52. The number of guanidine groups is 1. The fourth-order valence-corrected chi connectivity index (χ4v) is 4.67. The van der Waals surface area contributed by atoms with Crippen molar-refractivity contribution in [1.29, 1.82) is 0 Å². The van der Waals surface area contributed by atoms with Gasteiger partial charge in [-0.1, -0.05) is 30.3 Å². The molecule has 1 aromatic heterocycles. The van der Waals surface area contributed by atoms with Crippen LogP contribution in [0.4, 0.5) is 5.95 Å².